The van der Waals surface area contributed by atoms with Crippen molar-refractivity contribution < 1.29 is 18.3 Å². The zero-order valence-electron chi connectivity index (χ0n) is 12.2. The lowest BCUT2D eigenvalue weighted by atomic mass is 10.0. The first-order valence-corrected chi connectivity index (χ1v) is 6.62. The van der Waals surface area contributed by atoms with E-state index in [0.29, 0.717) is 11.8 Å². The number of aliphatic imine (C=N–C) groups is 2. The van der Waals surface area contributed by atoms with Crippen molar-refractivity contribution in [3.05, 3.63) is 53.0 Å². The third-order valence-corrected chi connectivity index (χ3v) is 2.99. The standard InChI is InChI=1S/C15H15F3N4O/c1-8(19)6-11-14(21-5-4-13(20)22-11)10-3-2-9(7-12(10)23)15(16,17)18/h2-4,6-7,23H,5,19-20H2,1H3/b8-6-. The molecule has 0 bridgehead atoms. The fourth-order valence-corrected chi connectivity index (χ4v) is 2.00. The molecule has 8 heteroatoms. The largest absolute Gasteiger partial charge is 0.507 e. The van der Waals surface area contributed by atoms with E-state index < -0.39 is 17.5 Å². The minimum absolute atomic E-state index is 0.123. The van der Waals surface area contributed by atoms with Gasteiger partial charge in [-0.15, -0.1) is 0 Å². The predicted octanol–water partition coefficient (Wildman–Crippen LogP) is 2.32. The summed E-state index contributed by atoms with van der Waals surface area (Å²) >= 11 is 0. The van der Waals surface area contributed by atoms with Gasteiger partial charge in [0.25, 0.3) is 0 Å². The summed E-state index contributed by atoms with van der Waals surface area (Å²) in [4.78, 5) is 8.34. The van der Waals surface area contributed by atoms with Crippen molar-refractivity contribution >= 4 is 11.4 Å². The predicted molar refractivity (Wildman–Crippen MR) is 82.2 cm³/mol. The van der Waals surface area contributed by atoms with Crippen LogP contribution in [0.2, 0.25) is 0 Å². The van der Waals surface area contributed by atoms with Crippen LogP contribution in [0.1, 0.15) is 18.1 Å². The van der Waals surface area contributed by atoms with E-state index in [2.05, 4.69) is 9.98 Å². The number of aromatic hydroxyl groups is 1. The zero-order valence-corrected chi connectivity index (χ0v) is 12.2. The number of halogens is 3. The highest BCUT2D eigenvalue weighted by Gasteiger charge is 2.31. The van der Waals surface area contributed by atoms with Crippen LogP contribution >= 0.6 is 0 Å². The number of benzene rings is 1. The van der Waals surface area contributed by atoms with Crippen molar-refractivity contribution in [2.75, 3.05) is 6.54 Å². The molecular formula is C15H15F3N4O. The Bertz CT molecular complexity index is 742. The van der Waals surface area contributed by atoms with Crippen molar-refractivity contribution in [2.24, 2.45) is 21.5 Å². The molecule has 0 aromatic heterocycles. The molecule has 1 heterocycles. The molecule has 0 unspecified atom stereocenters. The van der Waals surface area contributed by atoms with Crippen molar-refractivity contribution in [3.8, 4) is 5.75 Å². The molecule has 0 amide bonds. The number of phenolic OH excluding ortho intramolecular Hbond substituents is 1. The van der Waals surface area contributed by atoms with Gasteiger partial charge in [0, 0.05) is 11.3 Å². The van der Waals surface area contributed by atoms with Crippen LogP contribution in [-0.2, 0) is 6.18 Å². The molecular weight excluding hydrogens is 309 g/mol. The zero-order chi connectivity index (χ0) is 17.2. The highest BCUT2D eigenvalue weighted by molar-refractivity contribution is 6.52. The Morgan fingerprint density at radius 1 is 1.35 bits per heavy atom. The van der Waals surface area contributed by atoms with Gasteiger partial charge in [-0.1, -0.05) is 0 Å². The van der Waals surface area contributed by atoms with Crippen LogP contribution < -0.4 is 11.5 Å². The van der Waals surface area contributed by atoms with E-state index >= 15 is 0 Å². The van der Waals surface area contributed by atoms with Gasteiger partial charge in [0.15, 0.2) is 0 Å². The number of allylic oxidation sites excluding steroid dienone is 2. The van der Waals surface area contributed by atoms with Crippen LogP contribution in [0.15, 0.2) is 51.9 Å². The van der Waals surface area contributed by atoms with Gasteiger partial charge in [0.05, 0.1) is 23.5 Å². The number of rotatable bonds is 2. The molecule has 0 radical (unpaired) electrons. The topological polar surface area (TPSA) is 97.0 Å². The van der Waals surface area contributed by atoms with Crippen molar-refractivity contribution in [1.82, 2.24) is 0 Å². The third-order valence-electron chi connectivity index (χ3n) is 2.99. The molecule has 122 valence electrons. The number of hydrogen-bond acceptors (Lipinski definition) is 5. The summed E-state index contributed by atoms with van der Waals surface area (Å²) in [5, 5.41) is 9.98. The second-order valence-corrected chi connectivity index (χ2v) is 4.93. The summed E-state index contributed by atoms with van der Waals surface area (Å²) in [6.45, 7) is 1.81. The SMILES string of the molecule is C/C(N)=C/C1=NC(N)=CCN=C1c1ccc(C(F)(F)F)cc1O. The van der Waals surface area contributed by atoms with Crippen LogP contribution in [0.4, 0.5) is 13.2 Å². The molecule has 0 aliphatic carbocycles. The first-order chi connectivity index (χ1) is 10.7. The van der Waals surface area contributed by atoms with Gasteiger partial charge in [-0.3, -0.25) is 4.99 Å². The lowest BCUT2D eigenvalue weighted by molar-refractivity contribution is -0.137. The summed E-state index contributed by atoms with van der Waals surface area (Å²) in [7, 11) is 0. The normalized spacial score (nSPS) is 16.3. The van der Waals surface area contributed by atoms with E-state index in [1.54, 1.807) is 13.0 Å². The third kappa shape index (κ3) is 3.91. The molecule has 1 aliphatic heterocycles. The molecule has 0 atom stereocenters. The van der Waals surface area contributed by atoms with Gasteiger partial charge >= 0.3 is 6.18 Å². The lowest BCUT2D eigenvalue weighted by Gasteiger charge is -2.12. The van der Waals surface area contributed by atoms with Crippen LogP contribution in [-0.4, -0.2) is 23.1 Å². The maximum Gasteiger partial charge on any atom is 0.416 e. The summed E-state index contributed by atoms with van der Waals surface area (Å²) < 4.78 is 38.1. The minimum Gasteiger partial charge on any atom is -0.507 e. The maximum absolute atomic E-state index is 12.7. The molecule has 0 spiro atoms. The molecule has 1 aliphatic rings. The fraction of sp³-hybridized carbons (Fsp3) is 0.200. The van der Waals surface area contributed by atoms with Gasteiger partial charge in [-0.05, 0) is 37.3 Å². The molecule has 5 N–H and O–H groups in total. The van der Waals surface area contributed by atoms with Gasteiger partial charge in [-0.2, -0.15) is 13.2 Å². The fourth-order valence-electron chi connectivity index (χ4n) is 2.00. The first kappa shape index (κ1) is 16.6. The Morgan fingerprint density at radius 3 is 2.61 bits per heavy atom. The van der Waals surface area contributed by atoms with Crippen LogP contribution in [0, 0.1) is 0 Å². The molecule has 0 saturated heterocycles. The van der Waals surface area contributed by atoms with Crippen molar-refractivity contribution in [2.45, 2.75) is 13.1 Å². The van der Waals surface area contributed by atoms with Gasteiger partial charge in [0.1, 0.15) is 11.6 Å². The van der Waals surface area contributed by atoms with E-state index in [0.717, 1.165) is 12.1 Å². The number of phenols is 1. The minimum atomic E-state index is -4.54. The maximum atomic E-state index is 12.7. The highest BCUT2D eigenvalue weighted by Crippen LogP contribution is 2.33. The Kier molecular flexibility index (Phi) is 4.44. The van der Waals surface area contributed by atoms with Crippen LogP contribution in [0.25, 0.3) is 0 Å². The Balaban J connectivity index is 2.53. The van der Waals surface area contributed by atoms with E-state index in [1.165, 1.54) is 6.08 Å². The first-order valence-electron chi connectivity index (χ1n) is 6.62. The average Bonchev–Trinajstić information content (AvgIpc) is 2.58. The second-order valence-electron chi connectivity index (χ2n) is 4.93. The monoisotopic (exact) mass is 324 g/mol. The lowest BCUT2D eigenvalue weighted by Crippen LogP contribution is -2.17. The smallest absolute Gasteiger partial charge is 0.416 e. The van der Waals surface area contributed by atoms with Gasteiger partial charge in [-0.25, -0.2) is 4.99 Å². The number of nitrogens with zero attached hydrogens (tertiary/aromatic N) is 2. The molecule has 0 saturated carbocycles. The molecule has 23 heavy (non-hydrogen) atoms. The molecule has 0 fully saturated rings. The molecule has 5 nitrogen and oxygen atoms in total. The van der Waals surface area contributed by atoms with Gasteiger partial charge in [0.2, 0.25) is 0 Å². The average molecular weight is 324 g/mol. The van der Waals surface area contributed by atoms with Gasteiger partial charge < -0.3 is 16.6 Å². The second kappa shape index (κ2) is 6.15. The number of nitrogens with two attached hydrogens (primary N) is 2. The van der Waals surface area contributed by atoms with Crippen LogP contribution in [0.5, 0.6) is 5.75 Å². The summed E-state index contributed by atoms with van der Waals surface area (Å²) in [6.07, 6.45) is -1.51. The number of hydrogen-bond donors (Lipinski definition) is 3. The Morgan fingerprint density at radius 2 is 2.04 bits per heavy atom. The molecule has 1 aromatic carbocycles. The van der Waals surface area contributed by atoms with Crippen molar-refractivity contribution in [1.29, 1.82) is 0 Å². The molecule has 2 rings (SSSR count). The molecule has 1 aromatic rings. The van der Waals surface area contributed by atoms with Crippen LogP contribution in [0.3, 0.4) is 0 Å². The Labute approximate surface area is 130 Å². The van der Waals surface area contributed by atoms with E-state index in [9.17, 15) is 18.3 Å². The van der Waals surface area contributed by atoms with E-state index in [1.807, 2.05) is 0 Å². The van der Waals surface area contributed by atoms with Crippen molar-refractivity contribution in [3.63, 3.8) is 0 Å². The summed E-state index contributed by atoms with van der Waals surface area (Å²) in [5.41, 5.74) is 11.4. The summed E-state index contributed by atoms with van der Waals surface area (Å²) in [6, 6.07) is 2.67. The summed E-state index contributed by atoms with van der Waals surface area (Å²) in [5.74, 6) is -0.336. The van der Waals surface area contributed by atoms with E-state index in [4.69, 9.17) is 11.5 Å². The quantitative estimate of drug-likeness (QED) is 0.779. The number of alkyl halides is 3. The highest BCUT2D eigenvalue weighted by atomic mass is 19.4. The van der Waals surface area contributed by atoms with E-state index in [-0.39, 0.29) is 29.4 Å². The Hall–Kier alpha value is -2.77.